The van der Waals surface area contributed by atoms with Crippen LogP contribution in [0.25, 0.3) is 0 Å². The molecule has 6 nitrogen and oxygen atoms in total. The van der Waals surface area contributed by atoms with Crippen LogP contribution in [0.3, 0.4) is 0 Å². The predicted octanol–water partition coefficient (Wildman–Crippen LogP) is 22.9. The van der Waals surface area contributed by atoms with Gasteiger partial charge in [0, 0.05) is 19.3 Å². The summed E-state index contributed by atoms with van der Waals surface area (Å²) in [5.74, 6) is -0.956. The zero-order valence-electron chi connectivity index (χ0n) is 52.2. The summed E-state index contributed by atoms with van der Waals surface area (Å²) in [6.07, 6.45) is 98.2. The van der Waals surface area contributed by atoms with Gasteiger partial charge in [0.25, 0.3) is 0 Å². The second kappa shape index (κ2) is 67.5. The maximum absolute atomic E-state index is 12.9. The Morgan fingerprint density at radius 1 is 0.247 bits per heavy atom. The summed E-state index contributed by atoms with van der Waals surface area (Å²) in [6.45, 7) is 6.26. The number of esters is 3. The molecule has 0 aliphatic rings. The van der Waals surface area contributed by atoms with Crippen LogP contribution >= 0.6 is 0 Å². The van der Waals surface area contributed by atoms with Gasteiger partial charge in [0.2, 0.25) is 0 Å². The average Bonchev–Trinajstić information content (AvgIpc) is 3.47. The molecule has 0 aromatic heterocycles. The first-order valence-corrected chi connectivity index (χ1v) is 33.0. The van der Waals surface area contributed by atoms with Crippen LogP contribution in [0.5, 0.6) is 0 Å². The molecule has 1 unspecified atom stereocenters. The molecule has 0 heterocycles. The molecule has 1 atom stereocenters. The Labute approximate surface area is 499 Å². The van der Waals surface area contributed by atoms with E-state index in [9.17, 15) is 14.4 Å². The maximum Gasteiger partial charge on any atom is 0.306 e. The van der Waals surface area contributed by atoms with Crippen molar-refractivity contribution in [3.05, 3.63) is 158 Å². The number of hydrogen-bond donors (Lipinski definition) is 0. The number of allylic oxidation sites excluding steroid dienone is 26. The maximum atomic E-state index is 12.9. The Balaban J connectivity index is 4.41. The van der Waals surface area contributed by atoms with Crippen molar-refractivity contribution in [3.8, 4) is 0 Å². The Bertz CT molecular complexity index is 1810. The van der Waals surface area contributed by atoms with Gasteiger partial charge in [-0.15, -0.1) is 0 Å². The zero-order chi connectivity index (χ0) is 58.5. The highest BCUT2D eigenvalue weighted by atomic mass is 16.6. The van der Waals surface area contributed by atoms with E-state index in [1.807, 2.05) is 0 Å². The number of ether oxygens (including phenoxy) is 3. The van der Waals surface area contributed by atoms with Crippen LogP contribution < -0.4 is 0 Å². The van der Waals surface area contributed by atoms with E-state index in [2.05, 4.69) is 179 Å². The molecule has 0 aliphatic heterocycles. The number of hydrogen-bond acceptors (Lipinski definition) is 6. The third-order valence-corrected chi connectivity index (χ3v) is 13.5. The smallest absolute Gasteiger partial charge is 0.306 e. The first-order chi connectivity index (χ1) is 40.0. The van der Waals surface area contributed by atoms with Crippen LogP contribution in [0.2, 0.25) is 0 Å². The lowest BCUT2D eigenvalue weighted by molar-refractivity contribution is -0.167. The topological polar surface area (TPSA) is 78.9 Å². The van der Waals surface area contributed by atoms with Crippen LogP contribution in [-0.4, -0.2) is 37.2 Å². The Kier molecular flexibility index (Phi) is 63.4. The second-order valence-corrected chi connectivity index (χ2v) is 21.2. The monoisotopic (exact) mass is 1120 g/mol. The fourth-order valence-electron chi connectivity index (χ4n) is 8.69. The Morgan fingerprint density at radius 2 is 0.444 bits per heavy atom. The van der Waals surface area contributed by atoms with Crippen molar-refractivity contribution >= 4 is 17.9 Å². The van der Waals surface area contributed by atoms with E-state index in [0.717, 1.165) is 148 Å². The van der Waals surface area contributed by atoms with Gasteiger partial charge in [-0.25, -0.2) is 0 Å². The first-order valence-electron chi connectivity index (χ1n) is 33.0. The molecular weight excluding hydrogens is 997 g/mol. The standard InChI is InChI=1S/C75H120O6/c1-4-7-10-13-16-19-22-25-28-30-32-34-35-36-37-38-39-41-42-44-47-50-53-56-59-62-65-68-74(77)80-71-72(70-79-73(76)67-64-61-58-55-52-49-46-27-24-21-18-15-12-9-6-3)81-75(78)69-66-63-60-57-54-51-48-45-43-40-33-31-29-26-23-20-17-14-11-8-5-2/h7-12,16-21,25-29,32-34,36-37,40,46,52,55,72H,4-6,13-15,22-24,30-31,35,38-39,41-45,47-51,53-54,56-71H2,1-3H3/b10-7-,11-8-,12-9-,19-16-,20-17-,21-18-,28-25-,29-26-,34-32-,37-36-,40-33-,46-27-,55-52-. The largest absolute Gasteiger partial charge is 0.462 e. The van der Waals surface area contributed by atoms with Gasteiger partial charge in [-0.1, -0.05) is 275 Å². The van der Waals surface area contributed by atoms with Crippen molar-refractivity contribution in [3.63, 3.8) is 0 Å². The molecule has 0 spiro atoms. The molecule has 0 radical (unpaired) electrons. The van der Waals surface area contributed by atoms with Gasteiger partial charge in [0.05, 0.1) is 0 Å². The van der Waals surface area contributed by atoms with Gasteiger partial charge >= 0.3 is 17.9 Å². The van der Waals surface area contributed by atoms with Gasteiger partial charge in [-0.05, 0) is 141 Å². The SMILES string of the molecule is CC/C=C\C/C=C\C/C=C\C/C=C\C/C=C\CCCCCCCCCCCCCC(=O)OCC(COC(=O)CCCC/C=C\C/C=C\C/C=C\C/C=C\CC)OC(=O)CCCCCCCCCC/C=C\C/C=C\C/C=C\C/C=C\CC. The summed E-state index contributed by atoms with van der Waals surface area (Å²) >= 11 is 0. The van der Waals surface area contributed by atoms with E-state index < -0.39 is 6.10 Å². The summed E-state index contributed by atoms with van der Waals surface area (Å²) in [5, 5.41) is 0. The molecule has 0 rings (SSSR count). The molecule has 0 amide bonds. The minimum Gasteiger partial charge on any atom is -0.462 e. The van der Waals surface area contributed by atoms with Crippen molar-refractivity contribution in [2.75, 3.05) is 13.2 Å². The molecular formula is C75H120O6. The van der Waals surface area contributed by atoms with Gasteiger partial charge in [0.1, 0.15) is 13.2 Å². The molecule has 0 saturated carbocycles. The fourth-order valence-corrected chi connectivity index (χ4v) is 8.69. The van der Waals surface area contributed by atoms with Crippen molar-refractivity contribution in [2.45, 2.75) is 284 Å². The number of carbonyl (C=O) groups is 3. The Morgan fingerprint density at radius 3 is 0.716 bits per heavy atom. The van der Waals surface area contributed by atoms with Crippen LogP contribution in [-0.2, 0) is 28.6 Å². The highest BCUT2D eigenvalue weighted by Crippen LogP contribution is 2.15. The summed E-state index contributed by atoms with van der Waals surface area (Å²) in [6, 6.07) is 0. The third-order valence-electron chi connectivity index (χ3n) is 13.5. The molecule has 0 bridgehead atoms. The highest BCUT2D eigenvalue weighted by molar-refractivity contribution is 5.71. The molecule has 0 aliphatic carbocycles. The number of rotatable bonds is 58. The minimum absolute atomic E-state index is 0.102. The quantitative estimate of drug-likeness (QED) is 0.0261. The minimum atomic E-state index is -0.810. The summed E-state index contributed by atoms with van der Waals surface area (Å²) in [4.78, 5) is 38.4. The van der Waals surface area contributed by atoms with E-state index in [-0.39, 0.29) is 31.1 Å². The van der Waals surface area contributed by atoms with Crippen molar-refractivity contribution in [2.24, 2.45) is 0 Å². The molecule has 0 saturated heterocycles. The van der Waals surface area contributed by atoms with E-state index >= 15 is 0 Å². The lowest BCUT2D eigenvalue weighted by Gasteiger charge is -2.18. The van der Waals surface area contributed by atoms with E-state index in [4.69, 9.17) is 14.2 Å². The molecule has 0 N–H and O–H groups in total. The van der Waals surface area contributed by atoms with Gasteiger partial charge in [0.15, 0.2) is 6.10 Å². The molecule has 81 heavy (non-hydrogen) atoms. The number of unbranched alkanes of at least 4 members (excludes halogenated alkanes) is 21. The van der Waals surface area contributed by atoms with Crippen molar-refractivity contribution < 1.29 is 28.6 Å². The van der Waals surface area contributed by atoms with Crippen molar-refractivity contribution in [1.29, 1.82) is 0 Å². The lowest BCUT2D eigenvalue weighted by Crippen LogP contribution is -2.30. The summed E-state index contributed by atoms with van der Waals surface area (Å²) in [7, 11) is 0. The third kappa shape index (κ3) is 65.7. The summed E-state index contributed by atoms with van der Waals surface area (Å²) < 4.78 is 16.9. The highest BCUT2D eigenvalue weighted by Gasteiger charge is 2.19. The molecule has 0 aromatic rings. The van der Waals surface area contributed by atoms with E-state index in [1.54, 1.807) is 0 Å². The van der Waals surface area contributed by atoms with Gasteiger partial charge < -0.3 is 14.2 Å². The Hall–Kier alpha value is -4.97. The number of carbonyl (C=O) groups excluding carboxylic acids is 3. The second-order valence-electron chi connectivity index (χ2n) is 21.2. The zero-order valence-corrected chi connectivity index (χ0v) is 52.2. The molecule has 0 fully saturated rings. The van der Waals surface area contributed by atoms with E-state index in [0.29, 0.717) is 19.3 Å². The van der Waals surface area contributed by atoms with Crippen LogP contribution in [0, 0.1) is 0 Å². The molecule has 6 heteroatoms. The van der Waals surface area contributed by atoms with Crippen LogP contribution in [0.15, 0.2) is 158 Å². The molecule has 0 aromatic carbocycles. The van der Waals surface area contributed by atoms with E-state index in [1.165, 1.54) is 89.9 Å². The van der Waals surface area contributed by atoms with Crippen molar-refractivity contribution in [1.82, 2.24) is 0 Å². The lowest BCUT2D eigenvalue weighted by atomic mass is 10.0. The van der Waals surface area contributed by atoms with Gasteiger partial charge in [-0.3, -0.25) is 14.4 Å². The predicted molar refractivity (Wildman–Crippen MR) is 352 cm³/mol. The first kappa shape index (κ1) is 76.0. The van der Waals surface area contributed by atoms with Crippen LogP contribution in [0.4, 0.5) is 0 Å². The normalized spacial score (nSPS) is 13.2. The van der Waals surface area contributed by atoms with Gasteiger partial charge in [-0.2, -0.15) is 0 Å². The average molecular weight is 1120 g/mol. The fraction of sp³-hybridized carbons (Fsp3) is 0.613. The molecule has 456 valence electrons. The van der Waals surface area contributed by atoms with Crippen LogP contribution in [0.1, 0.15) is 278 Å². The summed E-state index contributed by atoms with van der Waals surface area (Å²) in [5.41, 5.74) is 0.